The van der Waals surface area contributed by atoms with Gasteiger partial charge >= 0.3 is 0 Å². The van der Waals surface area contributed by atoms with Crippen LogP contribution in [0, 0.1) is 0 Å². The fraction of sp³-hybridized carbons (Fsp3) is 0.167. The second kappa shape index (κ2) is 6.71. The van der Waals surface area contributed by atoms with Crippen molar-refractivity contribution in [3.8, 4) is 0 Å². The number of aryl methyl sites for hydroxylation is 1. The van der Waals surface area contributed by atoms with Crippen molar-refractivity contribution in [3.05, 3.63) is 60.8 Å². The van der Waals surface area contributed by atoms with Gasteiger partial charge in [0, 0.05) is 35.3 Å². The van der Waals surface area contributed by atoms with E-state index in [1.165, 1.54) is 15.8 Å². The highest BCUT2D eigenvalue weighted by Gasteiger charge is 2.05. The van der Waals surface area contributed by atoms with Crippen molar-refractivity contribution in [1.29, 1.82) is 0 Å². The lowest BCUT2D eigenvalue weighted by molar-refractivity contribution is -0.116. The fourth-order valence-electron chi connectivity index (χ4n) is 2.46. The lowest BCUT2D eigenvalue weighted by atomic mass is 10.2. The summed E-state index contributed by atoms with van der Waals surface area (Å²) in [4.78, 5) is 13.3. The normalized spacial score (nSPS) is 10.8. The Morgan fingerprint density at radius 1 is 1.09 bits per heavy atom. The third-order valence-electron chi connectivity index (χ3n) is 3.63. The summed E-state index contributed by atoms with van der Waals surface area (Å²) in [5, 5.41) is 4.15. The number of nitrogens with zero attached hydrogens (tertiary/aromatic N) is 1. The van der Waals surface area contributed by atoms with Crippen molar-refractivity contribution in [2.75, 3.05) is 11.6 Å². The van der Waals surface area contributed by atoms with Crippen molar-refractivity contribution in [2.45, 2.75) is 17.9 Å². The SMILES string of the molecule is CSc1ccc(NC(=O)CCn2ccc3ccccc32)cc1. The smallest absolute Gasteiger partial charge is 0.226 e. The number of carbonyl (C=O) groups excluding carboxylic acids is 1. The molecule has 0 aliphatic rings. The summed E-state index contributed by atoms with van der Waals surface area (Å²) in [7, 11) is 0. The average Bonchev–Trinajstić information content (AvgIpc) is 2.97. The average molecular weight is 310 g/mol. The van der Waals surface area contributed by atoms with Gasteiger partial charge in [0.2, 0.25) is 5.91 Å². The Bertz CT molecular complexity index is 777. The number of benzene rings is 2. The number of para-hydroxylation sites is 1. The molecule has 1 N–H and O–H groups in total. The van der Waals surface area contributed by atoms with Gasteiger partial charge in [-0.05, 0) is 48.0 Å². The predicted octanol–water partition coefficient (Wildman–Crippen LogP) is 4.39. The van der Waals surface area contributed by atoms with E-state index in [1.54, 1.807) is 11.8 Å². The number of fused-ring (bicyclic) bond motifs is 1. The summed E-state index contributed by atoms with van der Waals surface area (Å²) in [6, 6.07) is 18.2. The second-order valence-corrected chi connectivity index (χ2v) is 5.97. The van der Waals surface area contributed by atoms with Gasteiger partial charge < -0.3 is 9.88 Å². The van der Waals surface area contributed by atoms with E-state index in [9.17, 15) is 4.79 Å². The number of nitrogens with one attached hydrogen (secondary N) is 1. The molecule has 0 fully saturated rings. The Morgan fingerprint density at radius 3 is 2.64 bits per heavy atom. The van der Waals surface area contributed by atoms with Crippen LogP contribution in [0.1, 0.15) is 6.42 Å². The third-order valence-corrected chi connectivity index (χ3v) is 4.38. The number of thioether (sulfide) groups is 1. The van der Waals surface area contributed by atoms with Gasteiger partial charge in [-0.1, -0.05) is 18.2 Å². The highest BCUT2D eigenvalue weighted by Crippen LogP contribution is 2.18. The van der Waals surface area contributed by atoms with Crippen molar-refractivity contribution in [2.24, 2.45) is 0 Å². The standard InChI is InChI=1S/C18H18N2OS/c1-22-16-8-6-15(7-9-16)19-18(21)11-13-20-12-10-14-4-2-3-5-17(14)20/h2-10,12H,11,13H2,1H3,(H,19,21). The molecule has 0 bridgehead atoms. The molecule has 0 saturated carbocycles. The largest absolute Gasteiger partial charge is 0.347 e. The molecule has 0 atom stereocenters. The van der Waals surface area contributed by atoms with E-state index < -0.39 is 0 Å². The Kier molecular flexibility index (Phi) is 4.49. The number of carbonyl (C=O) groups is 1. The summed E-state index contributed by atoms with van der Waals surface area (Å²) in [5.74, 6) is 0.0367. The van der Waals surface area contributed by atoms with Crippen molar-refractivity contribution in [1.82, 2.24) is 4.57 Å². The number of hydrogen-bond acceptors (Lipinski definition) is 2. The van der Waals surface area contributed by atoms with E-state index in [0.717, 1.165) is 5.69 Å². The molecule has 0 saturated heterocycles. The zero-order valence-electron chi connectivity index (χ0n) is 12.5. The first-order chi connectivity index (χ1) is 10.8. The van der Waals surface area contributed by atoms with E-state index in [-0.39, 0.29) is 5.91 Å². The molecule has 1 amide bonds. The van der Waals surface area contributed by atoms with Crippen LogP contribution in [0.2, 0.25) is 0 Å². The minimum Gasteiger partial charge on any atom is -0.347 e. The molecule has 0 aliphatic heterocycles. The quantitative estimate of drug-likeness (QED) is 0.709. The van der Waals surface area contributed by atoms with Crippen LogP contribution in [0.5, 0.6) is 0 Å². The lowest BCUT2D eigenvalue weighted by Crippen LogP contribution is -2.14. The number of anilines is 1. The molecule has 1 aromatic heterocycles. The van der Waals surface area contributed by atoms with Crippen LogP contribution in [0.3, 0.4) is 0 Å². The minimum absolute atomic E-state index is 0.0367. The van der Waals surface area contributed by atoms with Crippen LogP contribution in [0.4, 0.5) is 5.69 Å². The maximum absolute atomic E-state index is 12.1. The molecule has 0 aliphatic carbocycles. The number of amides is 1. The molecular weight excluding hydrogens is 292 g/mol. The van der Waals surface area contributed by atoms with Gasteiger partial charge in [0.15, 0.2) is 0 Å². The third kappa shape index (κ3) is 3.34. The zero-order chi connectivity index (χ0) is 15.4. The summed E-state index contributed by atoms with van der Waals surface area (Å²) in [5.41, 5.74) is 2.01. The van der Waals surface area contributed by atoms with Crippen LogP contribution in [-0.2, 0) is 11.3 Å². The van der Waals surface area contributed by atoms with Gasteiger partial charge in [0.1, 0.15) is 0 Å². The molecule has 2 aromatic carbocycles. The zero-order valence-corrected chi connectivity index (χ0v) is 13.3. The molecule has 3 nitrogen and oxygen atoms in total. The topological polar surface area (TPSA) is 34.0 Å². The summed E-state index contributed by atoms with van der Waals surface area (Å²) >= 11 is 1.69. The van der Waals surface area contributed by atoms with Gasteiger partial charge in [0.05, 0.1) is 0 Å². The van der Waals surface area contributed by atoms with Gasteiger partial charge in [-0.3, -0.25) is 4.79 Å². The van der Waals surface area contributed by atoms with Gasteiger partial charge in [-0.15, -0.1) is 11.8 Å². The molecule has 0 unspecified atom stereocenters. The molecule has 1 heterocycles. The maximum atomic E-state index is 12.1. The number of rotatable bonds is 5. The first-order valence-electron chi connectivity index (χ1n) is 7.24. The first-order valence-corrected chi connectivity index (χ1v) is 8.46. The van der Waals surface area contributed by atoms with Gasteiger partial charge in [-0.2, -0.15) is 0 Å². The van der Waals surface area contributed by atoms with Crippen molar-refractivity contribution < 1.29 is 4.79 Å². The molecule has 22 heavy (non-hydrogen) atoms. The maximum Gasteiger partial charge on any atom is 0.226 e. The van der Waals surface area contributed by atoms with Crippen LogP contribution in [-0.4, -0.2) is 16.7 Å². The predicted molar refractivity (Wildman–Crippen MR) is 93.4 cm³/mol. The number of aromatic nitrogens is 1. The van der Waals surface area contributed by atoms with E-state index in [4.69, 9.17) is 0 Å². The summed E-state index contributed by atoms with van der Waals surface area (Å²) in [6.45, 7) is 0.683. The molecule has 3 rings (SSSR count). The minimum atomic E-state index is 0.0367. The fourth-order valence-corrected chi connectivity index (χ4v) is 2.86. The summed E-state index contributed by atoms with van der Waals surface area (Å²) in [6.07, 6.45) is 4.53. The Balaban J connectivity index is 1.60. The lowest BCUT2D eigenvalue weighted by Gasteiger charge is -2.07. The monoisotopic (exact) mass is 310 g/mol. The molecule has 112 valence electrons. The highest BCUT2D eigenvalue weighted by molar-refractivity contribution is 7.98. The number of hydrogen-bond donors (Lipinski definition) is 1. The van der Waals surface area contributed by atoms with E-state index in [1.807, 2.05) is 48.9 Å². The van der Waals surface area contributed by atoms with Crippen molar-refractivity contribution in [3.63, 3.8) is 0 Å². The molecule has 0 radical (unpaired) electrons. The molecular formula is C18H18N2OS. The Hall–Kier alpha value is -2.20. The Labute approximate surface area is 134 Å². The van der Waals surface area contributed by atoms with Crippen LogP contribution in [0.25, 0.3) is 10.9 Å². The molecule has 3 aromatic rings. The van der Waals surface area contributed by atoms with Gasteiger partial charge in [0.25, 0.3) is 0 Å². The van der Waals surface area contributed by atoms with Crippen LogP contribution in [0.15, 0.2) is 65.7 Å². The van der Waals surface area contributed by atoms with E-state index in [0.29, 0.717) is 13.0 Å². The highest BCUT2D eigenvalue weighted by atomic mass is 32.2. The Morgan fingerprint density at radius 2 is 1.86 bits per heavy atom. The van der Waals surface area contributed by atoms with Crippen molar-refractivity contribution >= 4 is 34.3 Å². The van der Waals surface area contributed by atoms with Crippen LogP contribution < -0.4 is 5.32 Å². The second-order valence-electron chi connectivity index (χ2n) is 5.09. The van der Waals surface area contributed by atoms with E-state index >= 15 is 0 Å². The van der Waals surface area contributed by atoms with E-state index in [2.05, 4.69) is 28.1 Å². The van der Waals surface area contributed by atoms with Crippen LogP contribution >= 0.6 is 11.8 Å². The molecule has 4 heteroatoms. The summed E-state index contributed by atoms with van der Waals surface area (Å²) < 4.78 is 2.12. The first kappa shape index (κ1) is 14.7. The van der Waals surface area contributed by atoms with Gasteiger partial charge in [-0.25, -0.2) is 0 Å². The molecule has 0 spiro atoms.